The average Bonchev–Trinajstić information content (AvgIpc) is 1.85. The van der Waals surface area contributed by atoms with Gasteiger partial charge in [-0.25, -0.2) is 4.79 Å². The van der Waals surface area contributed by atoms with Crippen LogP contribution in [0.15, 0.2) is 0 Å². The van der Waals surface area contributed by atoms with Gasteiger partial charge in [-0.3, -0.25) is 0 Å². The Hall–Kier alpha value is -0.170. The van der Waals surface area contributed by atoms with Crippen LogP contribution >= 0.6 is 7.26 Å². The molecule has 0 aromatic heterocycles. The first kappa shape index (κ1) is 10.8. The number of hydrogen-bond donors (Lipinski definition) is 0. The molecule has 66 valence electrons. The Morgan fingerprint density at radius 3 is 2.27 bits per heavy atom. The van der Waals surface area contributed by atoms with E-state index in [0.29, 0.717) is 0 Å². The van der Waals surface area contributed by atoms with Gasteiger partial charge in [0.15, 0.2) is 0 Å². The molecule has 2 nitrogen and oxygen atoms in total. The standard InChI is InChI=1S/C7H15FO2P/c1-5-10-7(9)6(8)11(2,3)4/h6H,5H2,1-4H3/q+1. The molecule has 1 atom stereocenters. The quantitative estimate of drug-likeness (QED) is 0.489. The summed E-state index contributed by atoms with van der Waals surface area (Å²) >= 11 is 0. The van der Waals surface area contributed by atoms with Gasteiger partial charge in [0.25, 0.3) is 5.91 Å². The molecule has 0 saturated heterocycles. The molecule has 0 amide bonds. The van der Waals surface area contributed by atoms with Crippen LogP contribution in [0.5, 0.6) is 0 Å². The molecule has 0 rings (SSSR count). The summed E-state index contributed by atoms with van der Waals surface area (Å²) in [6.07, 6.45) is 0. The number of ether oxygens (including phenoxy) is 1. The summed E-state index contributed by atoms with van der Waals surface area (Å²) < 4.78 is 17.6. The van der Waals surface area contributed by atoms with Gasteiger partial charge in [0.05, 0.1) is 33.9 Å². The van der Waals surface area contributed by atoms with Crippen molar-refractivity contribution in [1.29, 1.82) is 0 Å². The molecule has 0 radical (unpaired) electrons. The van der Waals surface area contributed by atoms with Crippen LogP contribution in [0.25, 0.3) is 0 Å². The van der Waals surface area contributed by atoms with Crippen molar-refractivity contribution >= 4 is 13.2 Å². The lowest BCUT2D eigenvalue weighted by Gasteiger charge is -2.14. The first-order valence-corrected chi connectivity index (χ1v) is 6.71. The zero-order chi connectivity index (χ0) is 9.07. The lowest BCUT2D eigenvalue weighted by Crippen LogP contribution is -2.20. The maximum Gasteiger partial charge on any atom is 0.379 e. The second-order valence-corrected chi connectivity index (χ2v) is 7.89. The number of carbonyl (C=O) groups is 1. The highest BCUT2D eigenvalue weighted by Crippen LogP contribution is 2.53. The van der Waals surface area contributed by atoms with Gasteiger partial charge >= 0.3 is 5.97 Å². The molecule has 1 unspecified atom stereocenters. The third kappa shape index (κ3) is 3.66. The molecular weight excluding hydrogens is 166 g/mol. The molecule has 0 aromatic rings. The second kappa shape index (κ2) is 4.01. The van der Waals surface area contributed by atoms with Gasteiger partial charge in [-0.15, -0.1) is 0 Å². The molecule has 0 aliphatic carbocycles. The minimum absolute atomic E-state index is 0.249. The number of halogens is 1. The average molecular weight is 181 g/mol. The normalized spacial score (nSPS) is 14.3. The largest absolute Gasteiger partial charge is 0.461 e. The third-order valence-electron chi connectivity index (χ3n) is 1.16. The van der Waals surface area contributed by atoms with Crippen molar-refractivity contribution in [1.82, 2.24) is 0 Å². The van der Waals surface area contributed by atoms with E-state index in [-0.39, 0.29) is 6.61 Å². The molecule has 0 aliphatic heterocycles. The summed E-state index contributed by atoms with van der Waals surface area (Å²) in [6.45, 7) is 7.24. The van der Waals surface area contributed by atoms with Gasteiger partial charge in [-0.2, -0.15) is 4.39 Å². The summed E-state index contributed by atoms with van der Waals surface area (Å²) in [7, 11) is -1.73. The van der Waals surface area contributed by atoms with Gasteiger partial charge < -0.3 is 4.74 Å². The predicted molar refractivity (Wildman–Crippen MR) is 46.2 cm³/mol. The van der Waals surface area contributed by atoms with E-state index in [2.05, 4.69) is 4.74 Å². The van der Waals surface area contributed by atoms with Gasteiger partial charge in [-0.1, -0.05) is 0 Å². The van der Waals surface area contributed by atoms with Crippen LogP contribution in [0.2, 0.25) is 0 Å². The Kier molecular flexibility index (Phi) is 3.95. The molecule has 0 heterocycles. The molecule has 4 heteroatoms. The minimum atomic E-state index is -1.73. The van der Waals surface area contributed by atoms with Crippen LogP contribution in [-0.4, -0.2) is 38.5 Å². The topological polar surface area (TPSA) is 26.3 Å². The lowest BCUT2D eigenvalue weighted by molar-refractivity contribution is -0.145. The van der Waals surface area contributed by atoms with Gasteiger partial charge in [0, 0.05) is 0 Å². The number of carbonyl (C=O) groups excluding carboxylic acids is 1. The number of esters is 1. The van der Waals surface area contributed by atoms with E-state index in [0.717, 1.165) is 0 Å². The summed E-state index contributed by atoms with van der Waals surface area (Å²) in [6, 6.07) is 0. The Balaban J connectivity index is 4.03. The highest BCUT2D eigenvalue weighted by atomic mass is 31.2. The first-order chi connectivity index (χ1) is 4.89. The number of rotatable bonds is 3. The molecule has 0 bridgehead atoms. The van der Waals surface area contributed by atoms with Crippen molar-refractivity contribution in [2.75, 3.05) is 26.6 Å². The Morgan fingerprint density at radius 1 is 1.55 bits per heavy atom. The molecule has 0 fully saturated rings. The molecule has 0 aromatic carbocycles. The Bertz CT molecular complexity index is 142. The SMILES string of the molecule is CCOC(=O)C(F)[P+](C)(C)C. The zero-order valence-electron chi connectivity index (χ0n) is 7.43. The van der Waals surface area contributed by atoms with Crippen molar-refractivity contribution in [2.45, 2.75) is 12.8 Å². The zero-order valence-corrected chi connectivity index (χ0v) is 8.32. The van der Waals surface area contributed by atoms with E-state index in [1.807, 2.05) is 0 Å². The van der Waals surface area contributed by atoms with Crippen LogP contribution in [0.1, 0.15) is 6.92 Å². The summed E-state index contributed by atoms with van der Waals surface area (Å²) in [5.74, 6) is -2.13. The Labute approximate surface area is 67.5 Å². The van der Waals surface area contributed by atoms with Crippen molar-refractivity contribution in [3.63, 3.8) is 0 Å². The number of hydrogen-bond acceptors (Lipinski definition) is 2. The van der Waals surface area contributed by atoms with Crippen molar-refractivity contribution in [2.24, 2.45) is 0 Å². The molecule has 0 aliphatic rings. The number of alkyl halides is 1. The highest BCUT2D eigenvalue weighted by molar-refractivity contribution is 7.75. The van der Waals surface area contributed by atoms with E-state index in [9.17, 15) is 9.18 Å². The third-order valence-corrected chi connectivity index (χ3v) is 2.73. The molecule has 0 saturated carbocycles. The first-order valence-electron chi connectivity index (χ1n) is 3.51. The van der Waals surface area contributed by atoms with E-state index in [1.54, 1.807) is 26.9 Å². The van der Waals surface area contributed by atoms with Gasteiger partial charge in [0.2, 0.25) is 0 Å². The van der Waals surface area contributed by atoms with E-state index < -0.39 is 19.1 Å². The fourth-order valence-corrected chi connectivity index (χ4v) is 1.23. The van der Waals surface area contributed by atoms with Crippen LogP contribution in [0.4, 0.5) is 4.39 Å². The van der Waals surface area contributed by atoms with Crippen molar-refractivity contribution in [3.05, 3.63) is 0 Å². The smallest absolute Gasteiger partial charge is 0.379 e. The van der Waals surface area contributed by atoms with Crippen LogP contribution in [-0.2, 0) is 9.53 Å². The van der Waals surface area contributed by atoms with E-state index in [1.165, 1.54) is 0 Å². The van der Waals surface area contributed by atoms with Crippen LogP contribution in [0, 0.1) is 0 Å². The summed E-state index contributed by atoms with van der Waals surface area (Å²) in [5, 5.41) is 0. The molecule has 11 heavy (non-hydrogen) atoms. The molecule has 0 spiro atoms. The van der Waals surface area contributed by atoms with Crippen LogP contribution in [0.3, 0.4) is 0 Å². The van der Waals surface area contributed by atoms with Crippen molar-refractivity contribution < 1.29 is 13.9 Å². The maximum absolute atomic E-state index is 13.1. The predicted octanol–water partition coefficient (Wildman–Crippen LogP) is 1.75. The lowest BCUT2D eigenvalue weighted by atomic mass is 10.7. The van der Waals surface area contributed by atoms with Gasteiger partial charge in [-0.05, 0) is 6.92 Å². The monoisotopic (exact) mass is 181 g/mol. The van der Waals surface area contributed by atoms with Crippen LogP contribution < -0.4 is 0 Å². The van der Waals surface area contributed by atoms with E-state index >= 15 is 0 Å². The minimum Gasteiger partial charge on any atom is -0.461 e. The van der Waals surface area contributed by atoms with E-state index in [4.69, 9.17) is 0 Å². The summed E-state index contributed by atoms with van der Waals surface area (Å²) in [5.41, 5.74) is 0. The fourth-order valence-electron chi connectivity index (χ4n) is 0.527. The highest BCUT2D eigenvalue weighted by Gasteiger charge is 2.38. The van der Waals surface area contributed by atoms with Gasteiger partial charge in [0.1, 0.15) is 0 Å². The maximum atomic E-state index is 13.1. The Morgan fingerprint density at radius 2 is 2.00 bits per heavy atom. The fraction of sp³-hybridized carbons (Fsp3) is 0.857. The van der Waals surface area contributed by atoms with Crippen molar-refractivity contribution in [3.8, 4) is 0 Å². The second-order valence-electron chi connectivity index (χ2n) is 3.20. The molecular formula is C7H15FO2P+. The summed E-state index contributed by atoms with van der Waals surface area (Å²) in [4.78, 5) is 10.8. The molecule has 0 N–H and O–H groups in total.